The highest BCUT2D eigenvalue weighted by molar-refractivity contribution is 8.15. The van der Waals surface area contributed by atoms with E-state index in [1.807, 2.05) is 11.8 Å². The Morgan fingerprint density at radius 2 is 1.88 bits per heavy atom. The molecule has 9 nitrogen and oxygen atoms in total. The van der Waals surface area contributed by atoms with E-state index in [1.165, 1.54) is 22.7 Å². The summed E-state index contributed by atoms with van der Waals surface area (Å²) in [5.41, 5.74) is -0.0576. The molecule has 0 radical (unpaired) electrons. The SMILES string of the molecule is CCCCOc1c(C(=O)SC(C=O)Cc2ccc(F)cc2)nc2n(CC(=O)N3C[C@H](C)C[C@@H](C)C3)ccn2c1=O. The summed E-state index contributed by atoms with van der Waals surface area (Å²) in [7, 11) is 0. The average molecular weight is 571 g/mol. The van der Waals surface area contributed by atoms with E-state index in [0.29, 0.717) is 43.2 Å². The fourth-order valence-corrected chi connectivity index (χ4v) is 5.90. The molecule has 1 unspecified atom stereocenters. The molecule has 0 aliphatic carbocycles. The quantitative estimate of drug-likeness (QED) is 0.254. The maximum Gasteiger partial charge on any atom is 0.302 e. The number of aldehydes is 1. The van der Waals surface area contributed by atoms with E-state index in [9.17, 15) is 23.6 Å². The summed E-state index contributed by atoms with van der Waals surface area (Å²) in [5.74, 6) is 0.283. The first-order valence-corrected chi connectivity index (χ1v) is 14.5. The molecule has 3 atom stereocenters. The number of nitrogens with zero attached hydrogens (tertiary/aromatic N) is 4. The Bertz CT molecular complexity index is 1410. The van der Waals surface area contributed by atoms with Gasteiger partial charge in [-0.3, -0.25) is 14.4 Å². The molecule has 1 fully saturated rings. The molecule has 4 rings (SSSR count). The number of carbonyl (C=O) groups excluding carboxylic acids is 3. The molecule has 1 aliphatic heterocycles. The predicted molar refractivity (Wildman–Crippen MR) is 151 cm³/mol. The lowest BCUT2D eigenvalue weighted by molar-refractivity contribution is -0.134. The molecule has 11 heteroatoms. The van der Waals surface area contributed by atoms with Gasteiger partial charge < -0.3 is 19.0 Å². The predicted octanol–water partition coefficient (Wildman–Crippen LogP) is 4.00. The summed E-state index contributed by atoms with van der Waals surface area (Å²) in [5, 5.41) is -1.37. The Labute approximate surface area is 236 Å². The number of hydrogen-bond acceptors (Lipinski definition) is 7. The van der Waals surface area contributed by atoms with E-state index < -0.39 is 21.7 Å². The number of carbonyl (C=O) groups is 3. The fraction of sp³-hybridized carbons (Fsp3) is 0.483. The number of likely N-dealkylation sites (tertiary alicyclic amines) is 1. The molecule has 3 heterocycles. The number of thioether (sulfide) groups is 1. The van der Waals surface area contributed by atoms with Gasteiger partial charge in [0, 0.05) is 25.5 Å². The Morgan fingerprint density at radius 1 is 1.18 bits per heavy atom. The van der Waals surface area contributed by atoms with Crippen LogP contribution in [0.3, 0.4) is 0 Å². The Morgan fingerprint density at radius 3 is 2.52 bits per heavy atom. The summed E-state index contributed by atoms with van der Waals surface area (Å²) >= 11 is 0.737. The van der Waals surface area contributed by atoms with Crippen molar-refractivity contribution in [2.24, 2.45) is 11.8 Å². The highest BCUT2D eigenvalue weighted by atomic mass is 32.2. The zero-order valence-corrected chi connectivity index (χ0v) is 23.9. The number of rotatable bonds is 11. The van der Waals surface area contributed by atoms with Gasteiger partial charge in [0.05, 0.1) is 11.9 Å². The first-order valence-electron chi connectivity index (χ1n) is 13.6. The van der Waals surface area contributed by atoms with Crippen LogP contribution in [0.5, 0.6) is 5.75 Å². The second-order valence-corrected chi connectivity index (χ2v) is 11.8. The van der Waals surface area contributed by atoms with Crippen molar-refractivity contribution in [2.75, 3.05) is 19.7 Å². The maximum atomic E-state index is 13.5. The third-order valence-electron chi connectivity index (χ3n) is 6.93. The third kappa shape index (κ3) is 6.99. The molecule has 0 N–H and O–H groups in total. The van der Waals surface area contributed by atoms with Gasteiger partial charge in [0.1, 0.15) is 18.6 Å². The molecule has 1 amide bonds. The Kier molecular flexibility index (Phi) is 9.78. The zero-order chi connectivity index (χ0) is 28.8. The normalized spacial score (nSPS) is 18.1. The van der Waals surface area contributed by atoms with Crippen LogP contribution in [-0.4, -0.2) is 61.1 Å². The van der Waals surface area contributed by atoms with E-state index in [-0.39, 0.29) is 42.7 Å². The van der Waals surface area contributed by atoms with Crippen molar-refractivity contribution in [3.63, 3.8) is 0 Å². The molecule has 3 aromatic rings. The number of benzene rings is 1. The Hall–Kier alpha value is -3.47. The van der Waals surface area contributed by atoms with Crippen molar-refractivity contribution in [1.29, 1.82) is 0 Å². The van der Waals surface area contributed by atoms with Gasteiger partial charge in [-0.25, -0.2) is 13.8 Å². The molecule has 0 bridgehead atoms. The van der Waals surface area contributed by atoms with Gasteiger partial charge in [-0.15, -0.1) is 0 Å². The van der Waals surface area contributed by atoms with E-state index >= 15 is 0 Å². The van der Waals surface area contributed by atoms with Crippen molar-refractivity contribution in [2.45, 2.75) is 58.2 Å². The minimum absolute atomic E-state index is 0.0271. The number of ether oxygens (including phenoxy) is 1. The molecular weight excluding hydrogens is 535 g/mol. The number of fused-ring (bicyclic) bond motifs is 1. The number of halogens is 1. The van der Waals surface area contributed by atoms with Gasteiger partial charge in [0.15, 0.2) is 5.69 Å². The van der Waals surface area contributed by atoms with Gasteiger partial charge in [-0.2, -0.15) is 0 Å². The minimum atomic E-state index is -0.779. The van der Waals surface area contributed by atoms with Crippen LogP contribution in [0, 0.1) is 17.7 Å². The monoisotopic (exact) mass is 570 g/mol. The van der Waals surface area contributed by atoms with Crippen molar-refractivity contribution in [3.05, 3.63) is 64.1 Å². The minimum Gasteiger partial charge on any atom is -0.486 e. The van der Waals surface area contributed by atoms with Crippen LogP contribution in [0.25, 0.3) is 5.78 Å². The van der Waals surface area contributed by atoms with Crippen molar-refractivity contribution >= 4 is 34.8 Å². The topological polar surface area (TPSA) is 103 Å². The molecule has 40 heavy (non-hydrogen) atoms. The molecule has 0 spiro atoms. The number of piperidine rings is 1. The van der Waals surface area contributed by atoms with Crippen LogP contribution in [-0.2, 0) is 22.6 Å². The second-order valence-electron chi connectivity index (χ2n) is 10.5. The van der Waals surface area contributed by atoms with Crippen molar-refractivity contribution in [1.82, 2.24) is 18.9 Å². The molecular formula is C29H35FN4O5S. The molecule has 2 aromatic heterocycles. The van der Waals surface area contributed by atoms with Crippen LogP contribution in [0.1, 0.15) is 56.1 Å². The van der Waals surface area contributed by atoms with Gasteiger partial charge in [-0.05, 0) is 48.8 Å². The summed E-state index contributed by atoms with van der Waals surface area (Å²) in [6.45, 7) is 7.77. The standard InChI is InChI=1S/C29H35FN4O5S/c1-4-5-12-39-26-25(28(38)40-23(18-35)14-21-6-8-22(30)9-7-21)31-29-32(10-11-34(29)27(26)37)17-24(36)33-15-19(2)13-20(3)16-33/h6-11,18-20,23H,4-5,12-17H2,1-3H3/t19-,20-,23?/m1/s1. The van der Waals surface area contributed by atoms with Crippen LogP contribution in [0.4, 0.5) is 4.39 Å². The van der Waals surface area contributed by atoms with Gasteiger partial charge in [0.2, 0.25) is 22.5 Å². The van der Waals surface area contributed by atoms with Crippen LogP contribution >= 0.6 is 11.8 Å². The lowest BCUT2D eigenvalue weighted by Crippen LogP contribution is -2.44. The lowest BCUT2D eigenvalue weighted by Gasteiger charge is -2.35. The van der Waals surface area contributed by atoms with E-state index in [0.717, 1.165) is 24.6 Å². The fourth-order valence-electron chi connectivity index (χ4n) is 5.04. The zero-order valence-electron chi connectivity index (χ0n) is 23.0. The summed E-state index contributed by atoms with van der Waals surface area (Å²) in [4.78, 5) is 58.2. The van der Waals surface area contributed by atoms with Gasteiger partial charge in [0.25, 0.3) is 0 Å². The van der Waals surface area contributed by atoms with Gasteiger partial charge >= 0.3 is 5.56 Å². The average Bonchev–Trinajstić information content (AvgIpc) is 3.32. The Balaban J connectivity index is 1.63. The first-order chi connectivity index (χ1) is 19.2. The van der Waals surface area contributed by atoms with E-state index in [4.69, 9.17) is 4.74 Å². The molecule has 1 aromatic carbocycles. The van der Waals surface area contributed by atoms with Crippen LogP contribution < -0.4 is 10.3 Å². The highest BCUT2D eigenvalue weighted by Crippen LogP contribution is 2.25. The molecule has 214 valence electrons. The number of aromatic nitrogens is 3. The number of hydrogen-bond donors (Lipinski definition) is 0. The largest absolute Gasteiger partial charge is 0.486 e. The van der Waals surface area contributed by atoms with Crippen molar-refractivity contribution in [3.8, 4) is 5.75 Å². The highest BCUT2D eigenvalue weighted by Gasteiger charge is 2.28. The smallest absolute Gasteiger partial charge is 0.302 e. The summed E-state index contributed by atoms with van der Waals surface area (Å²) < 4.78 is 21.9. The molecule has 0 saturated carbocycles. The number of amides is 1. The molecule has 1 saturated heterocycles. The van der Waals surface area contributed by atoms with Crippen LogP contribution in [0.15, 0.2) is 41.5 Å². The van der Waals surface area contributed by atoms with Gasteiger partial charge in [-0.1, -0.05) is 51.1 Å². The molecule has 1 aliphatic rings. The van der Waals surface area contributed by atoms with Crippen molar-refractivity contribution < 1.29 is 23.5 Å². The third-order valence-corrected chi connectivity index (χ3v) is 7.92. The lowest BCUT2D eigenvalue weighted by atomic mass is 9.92. The number of unbranched alkanes of at least 4 members (excludes halogenated alkanes) is 1. The second kappa shape index (κ2) is 13.3. The number of imidazole rings is 1. The maximum absolute atomic E-state index is 13.5. The van der Waals surface area contributed by atoms with E-state index in [2.05, 4.69) is 18.8 Å². The van der Waals surface area contributed by atoms with E-state index in [1.54, 1.807) is 22.9 Å². The first kappa shape index (κ1) is 29.5. The van der Waals surface area contributed by atoms with Crippen LogP contribution in [0.2, 0.25) is 0 Å². The summed E-state index contributed by atoms with van der Waals surface area (Å²) in [6, 6.07) is 5.70. The summed E-state index contributed by atoms with van der Waals surface area (Å²) in [6.07, 6.45) is 6.52.